The first kappa shape index (κ1) is 10.7. The van der Waals surface area contributed by atoms with Crippen molar-refractivity contribution in [2.75, 3.05) is 6.61 Å². The number of hydrogen-bond donors (Lipinski definition) is 0. The molecule has 0 radical (unpaired) electrons. The minimum Gasteiger partial charge on any atom is -0.379 e. The molecule has 0 atom stereocenters. The van der Waals surface area contributed by atoms with Gasteiger partial charge < -0.3 is 4.74 Å². The molecule has 0 amide bonds. The van der Waals surface area contributed by atoms with Gasteiger partial charge in [-0.3, -0.25) is 4.68 Å². The monoisotopic (exact) mass is 208 g/mol. The number of rotatable bonds is 3. The summed E-state index contributed by atoms with van der Waals surface area (Å²) >= 11 is 0. The largest absolute Gasteiger partial charge is 0.379 e. The van der Waals surface area contributed by atoms with Crippen LogP contribution in [0, 0.1) is 6.92 Å². The Labute approximate surface area is 91.4 Å². The first-order valence-electron chi connectivity index (χ1n) is 5.92. The van der Waals surface area contributed by atoms with E-state index in [0.29, 0.717) is 12.1 Å². The SMILES string of the molecule is CCO[C@H]1CC[C@H](n2cc(C)cn2)CC1. The van der Waals surface area contributed by atoms with Crippen molar-refractivity contribution in [2.45, 2.75) is 51.7 Å². The first-order chi connectivity index (χ1) is 7.29. The Kier molecular flexibility index (Phi) is 3.41. The van der Waals surface area contributed by atoms with Crippen molar-refractivity contribution >= 4 is 0 Å². The Morgan fingerprint density at radius 1 is 1.40 bits per heavy atom. The minimum atomic E-state index is 0.489. The van der Waals surface area contributed by atoms with E-state index in [1.54, 1.807) is 0 Å². The molecule has 3 nitrogen and oxygen atoms in total. The molecule has 84 valence electrons. The van der Waals surface area contributed by atoms with Gasteiger partial charge in [0.25, 0.3) is 0 Å². The van der Waals surface area contributed by atoms with Gasteiger partial charge in [-0.2, -0.15) is 5.10 Å². The minimum absolute atomic E-state index is 0.489. The molecular weight excluding hydrogens is 188 g/mol. The van der Waals surface area contributed by atoms with Crippen LogP contribution in [0.25, 0.3) is 0 Å². The van der Waals surface area contributed by atoms with Gasteiger partial charge in [0.2, 0.25) is 0 Å². The lowest BCUT2D eigenvalue weighted by molar-refractivity contribution is 0.0259. The average molecular weight is 208 g/mol. The van der Waals surface area contributed by atoms with E-state index in [1.165, 1.54) is 31.2 Å². The van der Waals surface area contributed by atoms with Crippen LogP contribution >= 0.6 is 0 Å². The highest BCUT2D eigenvalue weighted by molar-refractivity contribution is 5.00. The molecule has 15 heavy (non-hydrogen) atoms. The maximum absolute atomic E-state index is 5.64. The van der Waals surface area contributed by atoms with E-state index in [2.05, 4.69) is 29.8 Å². The Balaban J connectivity index is 1.88. The fourth-order valence-electron chi connectivity index (χ4n) is 2.34. The second-order valence-corrected chi connectivity index (χ2v) is 4.38. The van der Waals surface area contributed by atoms with Crippen LogP contribution < -0.4 is 0 Å². The molecule has 0 unspecified atom stereocenters. The lowest BCUT2D eigenvalue weighted by Gasteiger charge is -2.28. The van der Waals surface area contributed by atoms with Gasteiger partial charge in [-0.25, -0.2) is 0 Å². The van der Waals surface area contributed by atoms with E-state index in [4.69, 9.17) is 4.74 Å². The number of ether oxygens (including phenoxy) is 1. The van der Waals surface area contributed by atoms with E-state index >= 15 is 0 Å². The predicted molar refractivity (Wildman–Crippen MR) is 59.9 cm³/mol. The van der Waals surface area contributed by atoms with Crippen LogP contribution in [0.1, 0.15) is 44.2 Å². The van der Waals surface area contributed by atoms with Crippen molar-refractivity contribution in [3.8, 4) is 0 Å². The smallest absolute Gasteiger partial charge is 0.0576 e. The molecule has 0 saturated heterocycles. The van der Waals surface area contributed by atoms with Crippen LogP contribution in [0.4, 0.5) is 0 Å². The molecule has 1 aliphatic rings. The fourth-order valence-corrected chi connectivity index (χ4v) is 2.34. The summed E-state index contributed by atoms with van der Waals surface area (Å²) in [5.41, 5.74) is 1.25. The van der Waals surface area contributed by atoms with Gasteiger partial charge in [-0.1, -0.05) is 0 Å². The van der Waals surface area contributed by atoms with Crippen molar-refractivity contribution < 1.29 is 4.74 Å². The second kappa shape index (κ2) is 4.79. The summed E-state index contributed by atoms with van der Waals surface area (Å²) < 4.78 is 7.77. The van der Waals surface area contributed by atoms with E-state index in [1.807, 2.05) is 6.20 Å². The average Bonchev–Trinajstić information content (AvgIpc) is 2.67. The maximum atomic E-state index is 5.64. The molecular formula is C12H20N2O. The normalized spacial score (nSPS) is 26.8. The zero-order valence-electron chi connectivity index (χ0n) is 9.65. The van der Waals surface area contributed by atoms with Gasteiger partial charge in [0.1, 0.15) is 0 Å². The lowest BCUT2D eigenvalue weighted by Crippen LogP contribution is -2.23. The molecule has 1 saturated carbocycles. The van der Waals surface area contributed by atoms with Crippen LogP contribution in [0.15, 0.2) is 12.4 Å². The van der Waals surface area contributed by atoms with Crippen molar-refractivity contribution in [1.82, 2.24) is 9.78 Å². The van der Waals surface area contributed by atoms with Crippen LogP contribution in [-0.2, 0) is 4.74 Å². The molecule has 0 N–H and O–H groups in total. The molecule has 0 bridgehead atoms. The van der Waals surface area contributed by atoms with Gasteiger partial charge in [0.15, 0.2) is 0 Å². The molecule has 0 aromatic carbocycles. The van der Waals surface area contributed by atoms with Gasteiger partial charge in [0.05, 0.1) is 18.3 Å². The topological polar surface area (TPSA) is 27.1 Å². The standard InChI is InChI=1S/C12H20N2O/c1-3-15-12-6-4-11(5-7-12)14-9-10(2)8-13-14/h8-9,11-12H,3-7H2,1-2H3/t11-,12-. The van der Waals surface area contributed by atoms with Crippen LogP contribution in [0.3, 0.4) is 0 Å². The number of aromatic nitrogens is 2. The highest BCUT2D eigenvalue weighted by Crippen LogP contribution is 2.29. The predicted octanol–water partition coefficient (Wildman–Crippen LogP) is 2.71. The summed E-state index contributed by atoms with van der Waals surface area (Å²) in [5, 5.41) is 4.39. The van der Waals surface area contributed by atoms with Crippen molar-refractivity contribution in [2.24, 2.45) is 0 Å². The molecule has 1 aromatic rings. The van der Waals surface area contributed by atoms with E-state index in [-0.39, 0.29) is 0 Å². The Hall–Kier alpha value is -0.830. The number of aryl methyl sites for hydroxylation is 1. The molecule has 1 aromatic heterocycles. The highest BCUT2D eigenvalue weighted by atomic mass is 16.5. The summed E-state index contributed by atoms with van der Waals surface area (Å²) in [5.74, 6) is 0. The third-order valence-electron chi connectivity index (χ3n) is 3.15. The van der Waals surface area contributed by atoms with Crippen molar-refractivity contribution in [3.05, 3.63) is 18.0 Å². The zero-order chi connectivity index (χ0) is 10.7. The fraction of sp³-hybridized carbons (Fsp3) is 0.750. The summed E-state index contributed by atoms with van der Waals surface area (Å²) in [6.45, 7) is 5.01. The molecule has 1 fully saturated rings. The molecule has 0 aliphatic heterocycles. The highest BCUT2D eigenvalue weighted by Gasteiger charge is 2.22. The molecule has 3 heteroatoms. The van der Waals surface area contributed by atoms with Gasteiger partial charge in [0, 0.05) is 12.8 Å². The van der Waals surface area contributed by atoms with Crippen LogP contribution in [0.2, 0.25) is 0 Å². The zero-order valence-corrected chi connectivity index (χ0v) is 9.65. The summed E-state index contributed by atoms with van der Waals surface area (Å²) in [6.07, 6.45) is 9.33. The van der Waals surface area contributed by atoms with E-state index < -0.39 is 0 Å². The molecule has 2 rings (SSSR count). The van der Waals surface area contributed by atoms with Crippen molar-refractivity contribution in [3.63, 3.8) is 0 Å². The van der Waals surface area contributed by atoms with E-state index in [0.717, 1.165) is 6.61 Å². The van der Waals surface area contributed by atoms with Gasteiger partial charge in [-0.15, -0.1) is 0 Å². The summed E-state index contributed by atoms with van der Waals surface area (Å²) in [4.78, 5) is 0. The third kappa shape index (κ3) is 2.59. The number of nitrogens with zero attached hydrogens (tertiary/aromatic N) is 2. The Morgan fingerprint density at radius 3 is 2.67 bits per heavy atom. The Bertz CT molecular complexity index is 300. The molecule has 1 aliphatic carbocycles. The first-order valence-corrected chi connectivity index (χ1v) is 5.92. The number of hydrogen-bond acceptors (Lipinski definition) is 2. The van der Waals surface area contributed by atoms with Crippen LogP contribution in [-0.4, -0.2) is 22.5 Å². The van der Waals surface area contributed by atoms with Crippen molar-refractivity contribution in [1.29, 1.82) is 0 Å². The quantitative estimate of drug-likeness (QED) is 0.763. The molecule has 0 spiro atoms. The molecule has 1 heterocycles. The summed E-state index contributed by atoms with van der Waals surface area (Å²) in [7, 11) is 0. The Morgan fingerprint density at radius 2 is 2.13 bits per heavy atom. The summed E-state index contributed by atoms with van der Waals surface area (Å²) in [6, 6.07) is 0.593. The van der Waals surface area contributed by atoms with Gasteiger partial charge in [-0.05, 0) is 45.1 Å². The van der Waals surface area contributed by atoms with Crippen LogP contribution in [0.5, 0.6) is 0 Å². The maximum Gasteiger partial charge on any atom is 0.0576 e. The second-order valence-electron chi connectivity index (χ2n) is 4.38. The lowest BCUT2D eigenvalue weighted by atomic mass is 9.93. The van der Waals surface area contributed by atoms with Gasteiger partial charge >= 0.3 is 0 Å². The third-order valence-corrected chi connectivity index (χ3v) is 3.15. The van der Waals surface area contributed by atoms with E-state index in [9.17, 15) is 0 Å².